The molecule has 0 bridgehead atoms. The van der Waals surface area contributed by atoms with Crippen molar-refractivity contribution in [2.45, 2.75) is 38.8 Å². The lowest BCUT2D eigenvalue weighted by Gasteiger charge is -2.20. The Hall–Kier alpha value is -3.75. The molecule has 3 aromatic rings. The molecule has 2 atom stereocenters. The third-order valence-electron chi connectivity index (χ3n) is 5.34. The fourth-order valence-electron chi connectivity index (χ4n) is 3.79. The van der Waals surface area contributed by atoms with Crippen LogP contribution in [0, 0.1) is 11.7 Å². The summed E-state index contributed by atoms with van der Waals surface area (Å²) < 4.78 is 13.3. The van der Waals surface area contributed by atoms with Gasteiger partial charge in [0.1, 0.15) is 23.4 Å². The normalized spacial score (nSPS) is 16.9. The number of halogens is 1. The van der Waals surface area contributed by atoms with E-state index in [1.807, 2.05) is 24.3 Å². The second kappa shape index (κ2) is 8.78. The molecule has 2 amide bonds. The van der Waals surface area contributed by atoms with Crippen LogP contribution in [0.1, 0.15) is 38.6 Å². The lowest BCUT2D eigenvalue weighted by Crippen LogP contribution is -2.40. The lowest BCUT2D eigenvalue weighted by atomic mass is 10.0. The summed E-state index contributed by atoms with van der Waals surface area (Å²) in [7, 11) is 0. The molecule has 9 heteroatoms. The Kier molecular flexibility index (Phi) is 5.89. The minimum absolute atomic E-state index is 0.0626. The van der Waals surface area contributed by atoms with Crippen molar-refractivity contribution < 1.29 is 14.0 Å². The second-order valence-corrected chi connectivity index (χ2v) is 8.28. The number of H-pyrrole nitrogens is 1. The van der Waals surface area contributed by atoms with Crippen molar-refractivity contribution in [3.05, 3.63) is 60.2 Å². The molecule has 2 aromatic carbocycles. The first-order valence-corrected chi connectivity index (χ1v) is 10.5. The molecule has 1 aliphatic heterocycles. The standard InChI is InChI=1S/C23H25FN6O2/c1-13(2)11-18(22-26-16-5-3-4-6-17(16)27-22)28-23(32)19-12-20(21(25)31)30(29-19)15-9-7-14(24)8-10-15/h3-10,13,18,20H,11-12H2,1-2H3,(H2,25,31)(H,26,27)(H,28,32). The van der Waals surface area contributed by atoms with Gasteiger partial charge in [0.25, 0.3) is 5.91 Å². The highest BCUT2D eigenvalue weighted by Gasteiger charge is 2.36. The van der Waals surface area contributed by atoms with E-state index in [0.29, 0.717) is 23.9 Å². The Morgan fingerprint density at radius 2 is 1.94 bits per heavy atom. The third-order valence-corrected chi connectivity index (χ3v) is 5.34. The van der Waals surface area contributed by atoms with E-state index in [2.05, 4.69) is 34.2 Å². The monoisotopic (exact) mass is 436 g/mol. The Labute approximate surface area is 184 Å². The Morgan fingerprint density at radius 3 is 2.59 bits per heavy atom. The fraction of sp³-hybridized carbons (Fsp3) is 0.304. The number of carbonyl (C=O) groups excluding carboxylic acids is 2. The molecule has 0 spiro atoms. The van der Waals surface area contributed by atoms with Crippen molar-refractivity contribution in [3.8, 4) is 0 Å². The number of aromatic amines is 1. The van der Waals surface area contributed by atoms with Gasteiger partial charge in [-0.15, -0.1) is 0 Å². The van der Waals surface area contributed by atoms with Gasteiger partial charge in [-0.25, -0.2) is 9.37 Å². The average molecular weight is 436 g/mol. The number of primary amides is 1. The number of imidazole rings is 1. The quantitative estimate of drug-likeness (QED) is 0.528. The minimum Gasteiger partial charge on any atom is -0.368 e. The summed E-state index contributed by atoms with van der Waals surface area (Å²) in [6.45, 7) is 4.13. The Bertz CT molecular complexity index is 1140. The number of hydrazone groups is 1. The highest BCUT2D eigenvalue weighted by Crippen LogP contribution is 2.26. The summed E-state index contributed by atoms with van der Waals surface area (Å²) in [5, 5.41) is 8.72. The number of hydrogen-bond donors (Lipinski definition) is 3. The molecule has 1 aromatic heterocycles. The van der Waals surface area contributed by atoms with Crippen LogP contribution in [-0.4, -0.2) is 33.5 Å². The van der Waals surface area contributed by atoms with Crippen LogP contribution in [0.4, 0.5) is 10.1 Å². The molecule has 1 aliphatic rings. The molecule has 0 radical (unpaired) electrons. The molecular weight excluding hydrogens is 411 g/mol. The molecule has 0 saturated heterocycles. The number of hydrogen-bond acceptors (Lipinski definition) is 5. The number of carbonyl (C=O) groups is 2. The first kappa shape index (κ1) is 21.5. The summed E-state index contributed by atoms with van der Waals surface area (Å²) in [6, 6.07) is 12.0. The van der Waals surface area contributed by atoms with Gasteiger partial charge in [0.2, 0.25) is 5.91 Å². The van der Waals surface area contributed by atoms with Crippen molar-refractivity contribution in [3.63, 3.8) is 0 Å². The van der Waals surface area contributed by atoms with Crippen LogP contribution in [-0.2, 0) is 9.59 Å². The van der Waals surface area contributed by atoms with Crippen LogP contribution in [0.2, 0.25) is 0 Å². The summed E-state index contributed by atoms with van der Waals surface area (Å²) in [5.74, 6) is -0.460. The van der Waals surface area contributed by atoms with Crippen LogP contribution in [0.3, 0.4) is 0 Å². The van der Waals surface area contributed by atoms with E-state index < -0.39 is 23.7 Å². The predicted molar refractivity (Wildman–Crippen MR) is 120 cm³/mol. The van der Waals surface area contributed by atoms with E-state index in [1.54, 1.807) is 0 Å². The fourth-order valence-corrected chi connectivity index (χ4v) is 3.79. The second-order valence-electron chi connectivity index (χ2n) is 8.28. The molecule has 166 valence electrons. The number of nitrogens with one attached hydrogen (secondary N) is 2. The number of benzene rings is 2. The van der Waals surface area contributed by atoms with Gasteiger partial charge in [0, 0.05) is 6.42 Å². The number of para-hydroxylation sites is 2. The smallest absolute Gasteiger partial charge is 0.268 e. The minimum atomic E-state index is -0.823. The molecule has 4 rings (SSSR count). The van der Waals surface area contributed by atoms with Gasteiger partial charge in [-0.05, 0) is 48.7 Å². The predicted octanol–water partition coefficient (Wildman–Crippen LogP) is 3.03. The first-order chi connectivity index (χ1) is 15.3. The van der Waals surface area contributed by atoms with Gasteiger partial charge in [0.05, 0.1) is 22.8 Å². The maximum absolute atomic E-state index is 13.3. The lowest BCUT2D eigenvalue weighted by molar-refractivity contribution is -0.119. The van der Waals surface area contributed by atoms with Gasteiger partial charge in [-0.2, -0.15) is 5.10 Å². The van der Waals surface area contributed by atoms with E-state index in [4.69, 9.17) is 5.73 Å². The van der Waals surface area contributed by atoms with Crippen LogP contribution < -0.4 is 16.1 Å². The summed E-state index contributed by atoms with van der Waals surface area (Å²) in [5.41, 5.74) is 7.92. The third kappa shape index (κ3) is 4.46. The van der Waals surface area contributed by atoms with Crippen molar-refractivity contribution >= 4 is 34.2 Å². The van der Waals surface area contributed by atoms with Crippen molar-refractivity contribution in [1.82, 2.24) is 15.3 Å². The molecular formula is C23H25FN6O2. The maximum atomic E-state index is 13.3. The molecule has 2 unspecified atom stereocenters. The highest BCUT2D eigenvalue weighted by molar-refractivity contribution is 6.40. The van der Waals surface area contributed by atoms with Crippen LogP contribution in [0.15, 0.2) is 53.6 Å². The van der Waals surface area contributed by atoms with E-state index in [-0.39, 0.29) is 18.2 Å². The topological polar surface area (TPSA) is 116 Å². The van der Waals surface area contributed by atoms with Crippen molar-refractivity contribution in [1.29, 1.82) is 0 Å². The molecule has 32 heavy (non-hydrogen) atoms. The number of aromatic nitrogens is 2. The molecule has 2 heterocycles. The van der Waals surface area contributed by atoms with Crippen LogP contribution in [0.5, 0.6) is 0 Å². The number of fused-ring (bicyclic) bond motifs is 1. The van der Waals surface area contributed by atoms with E-state index in [9.17, 15) is 14.0 Å². The van der Waals surface area contributed by atoms with Gasteiger partial charge >= 0.3 is 0 Å². The molecule has 4 N–H and O–H groups in total. The van der Waals surface area contributed by atoms with Gasteiger partial charge in [0.15, 0.2) is 0 Å². The van der Waals surface area contributed by atoms with Gasteiger partial charge in [-0.1, -0.05) is 26.0 Å². The largest absolute Gasteiger partial charge is 0.368 e. The molecule has 8 nitrogen and oxygen atoms in total. The number of nitrogens with zero attached hydrogens (tertiary/aromatic N) is 3. The number of amides is 2. The summed E-state index contributed by atoms with van der Waals surface area (Å²) in [6.07, 6.45) is 0.729. The van der Waals surface area contributed by atoms with E-state index in [1.165, 1.54) is 29.3 Å². The Morgan fingerprint density at radius 1 is 1.22 bits per heavy atom. The number of nitrogens with two attached hydrogens (primary N) is 1. The van der Waals surface area contributed by atoms with Crippen molar-refractivity contribution in [2.24, 2.45) is 16.8 Å². The number of rotatable bonds is 7. The molecule has 0 aliphatic carbocycles. The van der Waals surface area contributed by atoms with E-state index >= 15 is 0 Å². The molecule has 0 fully saturated rings. The summed E-state index contributed by atoms with van der Waals surface area (Å²) >= 11 is 0. The van der Waals surface area contributed by atoms with Crippen molar-refractivity contribution in [2.75, 3.05) is 5.01 Å². The zero-order valence-electron chi connectivity index (χ0n) is 17.9. The van der Waals surface area contributed by atoms with Gasteiger partial charge < -0.3 is 16.0 Å². The number of anilines is 1. The first-order valence-electron chi connectivity index (χ1n) is 10.5. The Balaban J connectivity index is 1.58. The zero-order chi connectivity index (χ0) is 22.8. The maximum Gasteiger partial charge on any atom is 0.268 e. The van der Waals surface area contributed by atoms with Crippen LogP contribution in [0.25, 0.3) is 11.0 Å². The van der Waals surface area contributed by atoms with Gasteiger partial charge in [-0.3, -0.25) is 14.6 Å². The zero-order valence-corrected chi connectivity index (χ0v) is 17.9. The molecule has 0 saturated carbocycles. The van der Waals surface area contributed by atoms with E-state index in [0.717, 1.165) is 11.0 Å². The van der Waals surface area contributed by atoms with Crippen LogP contribution >= 0.6 is 0 Å². The SMILES string of the molecule is CC(C)CC(NC(=O)C1=NN(c2ccc(F)cc2)C(C(N)=O)C1)c1nc2ccccc2[nH]1. The highest BCUT2D eigenvalue weighted by atomic mass is 19.1. The average Bonchev–Trinajstić information content (AvgIpc) is 3.38. The summed E-state index contributed by atoms with van der Waals surface area (Å²) in [4.78, 5) is 33.0.